The van der Waals surface area contributed by atoms with Crippen LogP contribution in [0.25, 0.3) is 0 Å². The van der Waals surface area contributed by atoms with Crippen LogP contribution in [0.3, 0.4) is 0 Å². The molecule has 0 aromatic rings. The highest BCUT2D eigenvalue weighted by Gasteiger charge is 2.63. The lowest BCUT2D eigenvalue weighted by Crippen LogP contribution is -2.53. The van der Waals surface area contributed by atoms with Gasteiger partial charge in [0.15, 0.2) is 0 Å². The summed E-state index contributed by atoms with van der Waals surface area (Å²) in [5.41, 5.74) is -0.970. The maximum atomic E-state index is 11.8. The first-order valence-electron chi connectivity index (χ1n) is 8.16. The Morgan fingerprint density at radius 3 is 2.64 bits per heavy atom. The Balaban J connectivity index is 1.85. The van der Waals surface area contributed by atoms with Gasteiger partial charge in [-0.25, -0.2) is 4.79 Å². The molecule has 3 aliphatic rings. The molecule has 0 aromatic heterocycles. The van der Waals surface area contributed by atoms with E-state index in [9.17, 15) is 9.59 Å². The van der Waals surface area contributed by atoms with Crippen molar-refractivity contribution < 1.29 is 23.8 Å². The minimum absolute atomic E-state index is 0.101. The van der Waals surface area contributed by atoms with Crippen LogP contribution in [0.15, 0.2) is 12.7 Å². The van der Waals surface area contributed by atoms with Crippen molar-refractivity contribution in [3.05, 3.63) is 12.7 Å². The minimum Gasteiger partial charge on any atom is -0.463 e. The fourth-order valence-electron chi connectivity index (χ4n) is 4.62. The maximum absolute atomic E-state index is 11.8. The molecule has 2 bridgehead atoms. The van der Waals surface area contributed by atoms with Crippen LogP contribution in [0.5, 0.6) is 0 Å². The molecule has 122 valence electrons. The highest BCUT2D eigenvalue weighted by molar-refractivity contribution is 5.81. The normalized spacial score (nSPS) is 35.3. The second-order valence-corrected chi connectivity index (χ2v) is 6.81. The number of fused-ring (bicyclic) bond motifs is 2. The SMILES string of the molecule is C=CC(=O)OC1(C2CC3CCC2(COC(C)=O)O3)CCCC1. The molecule has 22 heavy (non-hydrogen) atoms. The summed E-state index contributed by atoms with van der Waals surface area (Å²) in [6.07, 6.45) is 7.97. The fraction of sp³-hybridized carbons (Fsp3) is 0.765. The van der Waals surface area contributed by atoms with E-state index in [2.05, 4.69) is 6.58 Å². The highest BCUT2D eigenvalue weighted by Crippen LogP contribution is 2.57. The maximum Gasteiger partial charge on any atom is 0.330 e. The molecule has 0 amide bonds. The Kier molecular flexibility index (Phi) is 4.02. The second kappa shape index (κ2) is 5.69. The third-order valence-corrected chi connectivity index (χ3v) is 5.50. The van der Waals surface area contributed by atoms with Gasteiger partial charge in [-0.05, 0) is 44.9 Å². The molecule has 3 fully saturated rings. The molecule has 1 saturated carbocycles. The van der Waals surface area contributed by atoms with Crippen molar-refractivity contribution in [2.45, 2.75) is 69.2 Å². The molecule has 0 spiro atoms. The minimum atomic E-state index is -0.486. The number of hydrogen-bond acceptors (Lipinski definition) is 5. The Hall–Kier alpha value is -1.36. The molecule has 0 N–H and O–H groups in total. The predicted molar refractivity (Wildman–Crippen MR) is 79.1 cm³/mol. The third-order valence-electron chi connectivity index (χ3n) is 5.50. The molecule has 5 nitrogen and oxygen atoms in total. The summed E-state index contributed by atoms with van der Waals surface area (Å²) in [4.78, 5) is 23.1. The fourth-order valence-corrected chi connectivity index (χ4v) is 4.62. The lowest BCUT2D eigenvalue weighted by Gasteiger charge is -2.43. The molecule has 3 atom stereocenters. The van der Waals surface area contributed by atoms with Crippen molar-refractivity contribution >= 4 is 11.9 Å². The number of esters is 2. The van der Waals surface area contributed by atoms with Gasteiger partial charge < -0.3 is 14.2 Å². The molecule has 0 radical (unpaired) electrons. The second-order valence-electron chi connectivity index (χ2n) is 6.81. The molecule has 2 saturated heterocycles. The van der Waals surface area contributed by atoms with E-state index in [4.69, 9.17) is 14.2 Å². The van der Waals surface area contributed by atoms with Crippen molar-refractivity contribution in [3.63, 3.8) is 0 Å². The van der Waals surface area contributed by atoms with Gasteiger partial charge in [0, 0.05) is 18.9 Å². The van der Waals surface area contributed by atoms with E-state index in [1.807, 2.05) is 0 Å². The summed E-state index contributed by atoms with van der Waals surface area (Å²) < 4.78 is 17.3. The van der Waals surface area contributed by atoms with E-state index < -0.39 is 11.2 Å². The van der Waals surface area contributed by atoms with Gasteiger partial charge in [0.1, 0.15) is 17.8 Å². The van der Waals surface area contributed by atoms with Gasteiger partial charge in [-0.2, -0.15) is 0 Å². The van der Waals surface area contributed by atoms with Gasteiger partial charge in [-0.3, -0.25) is 4.79 Å². The van der Waals surface area contributed by atoms with E-state index in [0.29, 0.717) is 0 Å². The van der Waals surface area contributed by atoms with Crippen LogP contribution in [0.1, 0.15) is 51.9 Å². The largest absolute Gasteiger partial charge is 0.463 e. The average Bonchev–Trinajstić information content (AvgIpc) is 3.19. The van der Waals surface area contributed by atoms with Gasteiger partial charge in [-0.15, -0.1) is 0 Å². The van der Waals surface area contributed by atoms with Gasteiger partial charge in [0.05, 0.1) is 6.10 Å². The molecule has 0 aromatic carbocycles. The Labute approximate surface area is 131 Å². The van der Waals surface area contributed by atoms with Crippen molar-refractivity contribution in [1.82, 2.24) is 0 Å². The molecule has 2 aliphatic heterocycles. The zero-order chi connectivity index (χ0) is 15.8. The number of carbonyl (C=O) groups excluding carboxylic acids is 2. The van der Waals surface area contributed by atoms with Crippen molar-refractivity contribution in [2.24, 2.45) is 5.92 Å². The van der Waals surface area contributed by atoms with Gasteiger partial charge in [0.25, 0.3) is 0 Å². The Morgan fingerprint density at radius 1 is 1.32 bits per heavy atom. The standard InChI is InChI=1S/C17H24O5/c1-3-15(19)22-16(7-4-5-8-16)14-10-13-6-9-17(14,21-13)11-20-12(2)18/h3,13-14H,1,4-11H2,2H3. The first-order chi connectivity index (χ1) is 10.5. The van der Waals surface area contributed by atoms with Crippen molar-refractivity contribution in [1.29, 1.82) is 0 Å². The number of rotatable bonds is 5. The highest BCUT2D eigenvalue weighted by atomic mass is 16.6. The van der Waals surface area contributed by atoms with Crippen LogP contribution in [0.2, 0.25) is 0 Å². The third kappa shape index (κ3) is 2.56. The zero-order valence-corrected chi connectivity index (χ0v) is 13.1. The smallest absolute Gasteiger partial charge is 0.330 e. The van der Waals surface area contributed by atoms with Crippen molar-refractivity contribution in [3.8, 4) is 0 Å². The quantitative estimate of drug-likeness (QED) is 0.577. The molecular formula is C17H24O5. The van der Waals surface area contributed by atoms with Crippen LogP contribution in [-0.2, 0) is 23.8 Å². The molecule has 5 heteroatoms. The molecule has 3 rings (SSSR count). The Morgan fingerprint density at radius 2 is 2.05 bits per heavy atom. The molecule has 2 heterocycles. The number of ether oxygens (including phenoxy) is 3. The van der Waals surface area contributed by atoms with E-state index in [1.165, 1.54) is 13.0 Å². The first kappa shape index (κ1) is 15.5. The lowest BCUT2D eigenvalue weighted by atomic mass is 9.68. The Bertz CT molecular complexity index is 479. The predicted octanol–water partition coefficient (Wildman–Crippen LogP) is 2.53. The molecule has 1 aliphatic carbocycles. The van der Waals surface area contributed by atoms with Gasteiger partial charge >= 0.3 is 11.9 Å². The van der Waals surface area contributed by atoms with Crippen LogP contribution in [-0.4, -0.2) is 35.9 Å². The van der Waals surface area contributed by atoms with Crippen LogP contribution in [0, 0.1) is 5.92 Å². The summed E-state index contributed by atoms with van der Waals surface area (Å²) >= 11 is 0. The summed E-state index contributed by atoms with van der Waals surface area (Å²) in [6, 6.07) is 0. The topological polar surface area (TPSA) is 61.8 Å². The number of carbonyl (C=O) groups is 2. The van der Waals surface area contributed by atoms with Crippen molar-refractivity contribution in [2.75, 3.05) is 6.61 Å². The van der Waals surface area contributed by atoms with Crippen LogP contribution >= 0.6 is 0 Å². The monoisotopic (exact) mass is 308 g/mol. The summed E-state index contributed by atoms with van der Waals surface area (Å²) in [5.74, 6) is -0.563. The average molecular weight is 308 g/mol. The number of hydrogen-bond donors (Lipinski definition) is 0. The summed E-state index contributed by atoms with van der Waals surface area (Å²) in [5, 5.41) is 0. The van der Waals surface area contributed by atoms with Crippen LogP contribution in [0.4, 0.5) is 0 Å². The van der Waals surface area contributed by atoms with E-state index in [1.54, 1.807) is 0 Å². The molecule has 3 unspecified atom stereocenters. The zero-order valence-electron chi connectivity index (χ0n) is 13.1. The van der Waals surface area contributed by atoms with Crippen LogP contribution < -0.4 is 0 Å². The lowest BCUT2D eigenvalue weighted by molar-refractivity contribution is -0.177. The van der Waals surface area contributed by atoms with Gasteiger partial charge in [-0.1, -0.05) is 6.58 Å². The van der Waals surface area contributed by atoms with E-state index in [-0.39, 0.29) is 30.6 Å². The first-order valence-corrected chi connectivity index (χ1v) is 8.16. The molecular weight excluding hydrogens is 284 g/mol. The summed E-state index contributed by atoms with van der Waals surface area (Å²) in [6.45, 7) is 5.18. The van der Waals surface area contributed by atoms with E-state index in [0.717, 1.165) is 44.9 Å². The van der Waals surface area contributed by atoms with E-state index >= 15 is 0 Å². The van der Waals surface area contributed by atoms with Gasteiger partial charge in [0.2, 0.25) is 0 Å². The summed E-state index contributed by atoms with van der Waals surface area (Å²) in [7, 11) is 0.